The van der Waals surface area contributed by atoms with Crippen LogP contribution in [0.15, 0.2) is 48.0 Å². The van der Waals surface area contributed by atoms with Crippen LogP contribution in [-0.4, -0.2) is 14.2 Å². The Morgan fingerprint density at radius 1 is 0.900 bits per heavy atom. The van der Waals surface area contributed by atoms with Gasteiger partial charge >= 0.3 is 0 Å². The molecule has 0 spiro atoms. The molecule has 2 heteroatoms. The molecule has 20 heavy (non-hydrogen) atoms. The van der Waals surface area contributed by atoms with Crippen LogP contribution in [0.5, 0.6) is 11.5 Å². The van der Waals surface area contributed by atoms with E-state index in [1.54, 1.807) is 14.2 Å². The summed E-state index contributed by atoms with van der Waals surface area (Å²) in [5.41, 5.74) is 5.06. The van der Waals surface area contributed by atoms with Crippen LogP contribution >= 0.6 is 0 Å². The first-order valence-corrected chi connectivity index (χ1v) is 6.74. The molecule has 1 atom stereocenters. The summed E-state index contributed by atoms with van der Waals surface area (Å²) >= 11 is 0. The normalized spacial score (nSPS) is 16.6. The van der Waals surface area contributed by atoms with Gasteiger partial charge in [0.2, 0.25) is 0 Å². The SMILES string of the molecule is COc1ccc2c(c1OC)C=C(C)C2c1ccccc1. The monoisotopic (exact) mass is 266 g/mol. The summed E-state index contributed by atoms with van der Waals surface area (Å²) in [7, 11) is 3.36. The summed E-state index contributed by atoms with van der Waals surface area (Å²) in [5.74, 6) is 1.91. The highest BCUT2D eigenvalue weighted by Crippen LogP contribution is 2.47. The molecular formula is C18H18O2. The lowest BCUT2D eigenvalue weighted by Crippen LogP contribution is -2.01. The quantitative estimate of drug-likeness (QED) is 0.826. The maximum absolute atomic E-state index is 5.54. The van der Waals surface area contributed by atoms with Crippen LogP contribution < -0.4 is 9.47 Å². The van der Waals surface area contributed by atoms with Crippen LogP contribution in [0.1, 0.15) is 29.5 Å². The molecule has 1 aliphatic carbocycles. The fourth-order valence-corrected chi connectivity index (χ4v) is 3.01. The number of benzene rings is 2. The molecule has 1 unspecified atom stereocenters. The Kier molecular flexibility index (Phi) is 3.23. The summed E-state index contributed by atoms with van der Waals surface area (Å²) in [6, 6.07) is 14.7. The maximum Gasteiger partial charge on any atom is 0.168 e. The minimum absolute atomic E-state index is 0.311. The largest absolute Gasteiger partial charge is 0.493 e. The molecule has 0 N–H and O–H groups in total. The maximum atomic E-state index is 5.54. The van der Waals surface area contributed by atoms with Crippen molar-refractivity contribution in [2.75, 3.05) is 14.2 Å². The average Bonchev–Trinajstić information content (AvgIpc) is 2.82. The molecule has 0 radical (unpaired) electrons. The number of fused-ring (bicyclic) bond motifs is 1. The van der Waals surface area contributed by atoms with Crippen molar-refractivity contribution in [3.8, 4) is 11.5 Å². The van der Waals surface area contributed by atoms with Gasteiger partial charge in [-0.25, -0.2) is 0 Å². The van der Waals surface area contributed by atoms with Crippen molar-refractivity contribution in [3.63, 3.8) is 0 Å². The van der Waals surface area contributed by atoms with E-state index in [4.69, 9.17) is 9.47 Å². The molecule has 0 saturated carbocycles. The molecule has 0 bridgehead atoms. The van der Waals surface area contributed by atoms with Gasteiger partial charge in [0, 0.05) is 11.5 Å². The molecule has 2 aromatic rings. The lowest BCUT2D eigenvalue weighted by atomic mass is 9.89. The summed E-state index contributed by atoms with van der Waals surface area (Å²) in [4.78, 5) is 0. The van der Waals surface area contributed by atoms with E-state index in [1.807, 2.05) is 12.1 Å². The lowest BCUT2D eigenvalue weighted by Gasteiger charge is -2.17. The Hall–Kier alpha value is -2.22. The van der Waals surface area contributed by atoms with E-state index in [9.17, 15) is 0 Å². The fraction of sp³-hybridized carbons (Fsp3) is 0.222. The summed E-state index contributed by atoms with van der Waals surface area (Å²) in [6.45, 7) is 2.17. The van der Waals surface area contributed by atoms with Gasteiger partial charge in [-0.15, -0.1) is 0 Å². The third-order valence-electron chi connectivity index (χ3n) is 3.89. The molecule has 0 fully saturated rings. The van der Waals surface area contributed by atoms with E-state index in [0.29, 0.717) is 5.92 Å². The Labute approximate surface area is 119 Å². The summed E-state index contributed by atoms with van der Waals surface area (Å²) in [5, 5.41) is 0. The highest BCUT2D eigenvalue weighted by atomic mass is 16.5. The zero-order valence-electron chi connectivity index (χ0n) is 12.0. The van der Waals surface area contributed by atoms with Gasteiger partial charge in [-0.3, -0.25) is 0 Å². The molecule has 1 aliphatic rings. The van der Waals surface area contributed by atoms with E-state index in [2.05, 4.69) is 43.3 Å². The number of hydrogen-bond acceptors (Lipinski definition) is 2. The van der Waals surface area contributed by atoms with Crippen molar-refractivity contribution >= 4 is 6.08 Å². The Bertz CT molecular complexity index is 657. The van der Waals surface area contributed by atoms with E-state index in [-0.39, 0.29) is 0 Å². The Balaban J connectivity index is 2.16. The predicted octanol–water partition coefficient (Wildman–Crippen LogP) is 4.25. The van der Waals surface area contributed by atoms with Gasteiger partial charge in [0.05, 0.1) is 14.2 Å². The lowest BCUT2D eigenvalue weighted by molar-refractivity contribution is 0.354. The van der Waals surface area contributed by atoms with Crippen LogP contribution in [0, 0.1) is 0 Å². The van der Waals surface area contributed by atoms with Crippen LogP contribution in [0.4, 0.5) is 0 Å². The highest BCUT2D eigenvalue weighted by Gasteiger charge is 2.27. The third-order valence-corrected chi connectivity index (χ3v) is 3.89. The number of ether oxygens (including phenoxy) is 2. The van der Waals surface area contributed by atoms with E-state index in [0.717, 1.165) is 17.1 Å². The van der Waals surface area contributed by atoms with Crippen LogP contribution in [0.3, 0.4) is 0 Å². The molecule has 0 amide bonds. The number of hydrogen-bond donors (Lipinski definition) is 0. The van der Waals surface area contributed by atoms with Crippen molar-refractivity contribution in [1.29, 1.82) is 0 Å². The first-order chi connectivity index (χ1) is 9.76. The zero-order chi connectivity index (χ0) is 14.1. The Morgan fingerprint density at radius 3 is 2.30 bits per heavy atom. The number of rotatable bonds is 3. The number of allylic oxidation sites excluding steroid dienone is 1. The minimum atomic E-state index is 0.311. The molecule has 3 rings (SSSR count). The van der Waals surface area contributed by atoms with Gasteiger partial charge in [0.15, 0.2) is 11.5 Å². The summed E-state index contributed by atoms with van der Waals surface area (Å²) < 4.78 is 10.9. The molecule has 102 valence electrons. The smallest absolute Gasteiger partial charge is 0.168 e. The second kappa shape index (κ2) is 5.04. The van der Waals surface area contributed by atoms with Gasteiger partial charge in [-0.2, -0.15) is 0 Å². The van der Waals surface area contributed by atoms with E-state index in [1.165, 1.54) is 16.7 Å². The van der Waals surface area contributed by atoms with Gasteiger partial charge in [-0.1, -0.05) is 48.0 Å². The number of methoxy groups -OCH3 is 2. The summed E-state index contributed by atoms with van der Waals surface area (Å²) in [6.07, 6.45) is 2.20. The molecular weight excluding hydrogens is 248 g/mol. The molecule has 0 aromatic heterocycles. The predicted molar refractivity (Wildman–Crippen MR) is 81.5 cm³/mol. The second-order valence-corrected chi connectivity index (χ2v) is 5.04. The zero-order valence-corrected chi connectivity index (χ0v) is 12.0. The van der Waals surface area contributed by atoms with Crippen molar-refractivity contribution in [2.45, 2.75) is 12.8 Å². The molecule has 2 aromatic carbocycles. The van der Waals surface area contributed by atoms with Gasteiger partial charge < -0.3 is 9.47 Å². The van der Waals surface area contributed by atoms with Gasteiger partial charge in [-0.05, 0) is 24.1 Å². The molecule has 0 aliphatic heterocycles. The second-order valence-electron chi connectivity index (χ2n) is 5.04. The fourth-order valence-electron chi connectivity index (χ4n) is 3.01. The van der Waals surface area contributed by atoms with Crippen molar-refractivity contribution in [2.24, 2.45) is 0 Å². The van der Waals surface area contributed by atoms with E-state index < -0.39 is 0 Å². The third kappa shape index (κ3) is 1.88. The minimum Gasteiger partial charge on any atom is -0.493 e. The molecule has 2 nitrogen and oxygen atoms in total. The van der Waals surface area contributed by atoms with Gasteiger partial charge in [0.25, 0.3) is 0 Å². The molecule has 0 heterocycles. The Morgan fingerprint density at radius 2 is 1.65 bits per heavy atom. The van der Waals surface area contributed by atoms with Gasteiger partial charge in [0.1, 0.15) is 0 Å². The average molecular weight is 266 g/mol. The van der Waals surface area contributed by atoms with Crippen molar-refractivity contribution in [3.05, 3.63) is 64.7 Å². The highest BCUT2D eigenvalue weighted by molar-refractivity contribution is 5.75. The first kappa shape index (κ1) is 12.8. The van der Waals surface area contributed by atoms with Crippen molar-refractivity contribution in [1.82, 2.24) is 0 Å². The van der Waals surface area contributed by atoms with Crippen molar-refractivity contribution < 1.29 is 9.47 Å². The first-order valence-electron chi connectivity index (χ1n) is 6.74. The van der Waals surface area contributed by atoms with Crippen LogP contribution in [0.25, 0.3) is 6.08 Å². The van der Waals surface area contributed by atoms with E-state index >= 15 is 0 Å². The molecule has 0 saturated heterocycles. The topological polar surface area (TPSA) is 18.5 Å². The standard InChI is InChI=1S/C18H18O2/c1-12-11-15-14(9-10-16(19-2)18(15)20-3)17(12)13-7-5-4-6-8-13/h4-11,17H,1-3H3. The van der Waals surface area contributed by atoms with Crippen LogP contribution in [0.2, 0.25) is 0 Å². The van der Waals surface area contributed by atoms with Crippen LogP contribution in [-0.2, 0) is 0 Å².